The van der Waals surface area contributed by atoms with Gasteiger partial charge in [-0.05, 0) is 57.8 Å². The number of amides is 1. The number of carbonyl (C=O) groups excluding carboxylic acids is 1. The van der Waals surface area contributed by atoms with Crippen LogP contribution >= 0.6 is 0 Å². The molecule has 1 aliphatic rings. The molecule has 1 heterocycles. The molecular formula is C23H30N2O3. The second kappa shape index (κ2) is 9.22. The summed E-state index contributed by atoms with van der Waals surface area (Å²) in [5.41, 5.74) is 1.77. The lowest BCUT2D eigenvalue weighted by atomic mass is 9.96. The van der Waals surface area contributed by atoms with Gasteiger partial charge in [-0.2, -0.15) is 0 Å². The van der Waals surface area contributed by atoms with E-state index in [9.17, 15) is 4.79 Å². The summed E-state index contributed by atoms with van der Waals surface area (Å²) in [6.45, 7) is 5.85. The second-order valence-electron chi connectivity index (χ2n) is 7.72. The summed E-state index contributed by atoms with van der Waals surface area (Å²) in [4.78, 5) is 17.4. The van der Waals surface area contributed by atoms with Gasteiger partial charge in [0.1, 0.15) is 5.75 Å². The molecule has 28 heavy (non-hydrogen) atoms. The number of hydrogen-bond donors (Lipinski definition) is 0. The molecule has 1 aliphatic heterocycles. The highest BCUT2D eigenvalue weighted by molar-refractivity contribution is 5.94. The highest BCUT2D eigenvalue weighted by atomic mass is 16.5. The van der Waals surface area contributed by atoms with Crippen LogP contribution in [-0.2, 0) is 4.74 Å². The van der Waals surface area contributed by atoms with Crippen LogP contribution in [0.25, 0.3) is 0 Å². The van der Waals surface area contributed by atoms with Gasteiger partial charge in [0.15, 0.2) is 0 Å². The van der Waals surface area contributed by atoms with Gasteiger partial charge < -0.3 is 19.3 Å². The fourth-order valence-corrected chi connectivity index (χ4v) is 3.63. The molecular weight excluding hydrogens is 352 g/mol. The average Bonchev–Trinajstić information content (AvgIpc) is 2.67. The van der Waals surface area contributed by atoms with Crippen LogP contribution in [0.3, 0.4) is 0 Å². The minimum absolute atomic E-state index is 0.0250. The SMILES string of the molecule is CC(C)Oc1ccc(C(=O)N2CCO[C@@H](CN(C)C)[C@@H]2c2ccccc2)cc1. The first-order valence-electron chi connectivity index (χ1n) is 9.84. The monoisotopic (exact) mass is 382 g/mol. The Hall–Kier alpha value is -2.37. The summed E-state index contributed by atoms with van der Waals surface area (Å²) in [6.07, 6.45) is 0.0358. The fraction of sp³-hybridized carbons (Fsp3) is 0.435. The van der Waals surface area contributed by atoms with E-state index in [4.69, 9.17) is 9.47 Å². The van der Waals surface area contributed by atoms with Crippen molar-refractivity contribution in [2.75, 3.05) is 33.8 Å². The number of carbonyl (C=O) groups is 1. The van der Waals surface area contributed by atoms with Gasteiger partial charge in [-0.25, -0.2) is 0 Å². The highest BCUT2D eigenvalue weighted by Crippen LogP contribution is 2.31. The van der Waals surface area contributed by atoms with Crippen LogP contribution in [0.4, 0.5) is 0 Å². The van der Waals surface area contributed by atoms with E-state index in [0.29, 0.717) is 18.7 Å². The van der Waals surface area contributed by atoms with Crippen molar-refractivity contribution in [3.8, 4) is 5.75 Å². The van der Waals surface area contributed by atoms with E-state index >= 15 is 0 Å². The summed E-state index contributed by atoms with van der Waals surface area (Å²) in [6, 6.07) is 17.5. The van der Waals surface area contributed by atoms with E-state index in [1.807, 2.05) is 75.3 Å². The third-order valence-electron chi connectivity index (χ3n) is 4.77. The topological polar surface area (TPSA) is 42.0 Å². The van der Waals surface area contributed by atoms with E-state index in [2.05, 4.69) is 17.0 Å². The molecule has 0 aliphatic carbocycles. The van der Waals surface area contributed by atoms with Crippen molar-refractivity contribution in [1.82, 2.24) is 9.80 Å². The Labute approximate surface area is 167 Å². The number of rotatable bonds is 6. The Balaban J connectivity index is 1.87. The maximum Gasteiger partial charge on any atom is 0.254 e. The van der Waals surface area contributed by atoms with Crippen LogP contribution in [0, 0.1) is 0 Å². The third-order valence-corrected chi connectivity index (χ3v) is 4.77. The molecule has 0 N–H and O–H groups in total. The Morgan fingerprint density at radius 1 is 1.14 bits per heavy atom. The van der Waals surface area contributed by atoms with Crippen molar-refractivity contribution in [1.29, 1.82) is 0 Å². The van der Waals surface area contributed by atoms with Gasteiger partial charge in [0, 0.05) is 18.7 Å². The lowest BCUT2D eigenvalue weighted by molar-refractivity contribution is -0.0684. The second-order valence-corrected chi connectivity index (χ2v) is 7.72. The van der Waals surface area contributed by atoms with Gasteiger partial charge in [-0.3, -0.25) is 4.79 Å². The first kappa shape index (κ1) is 20.4. The quantitative estimate of drug-likeness (QED) is 0.765. The first-order chi connectivity index (χ1) is 13.5. The molecule has 1 saturated heterocycles. The Kier molecular flexibility index (Phi) is 6.70. The molecule has 0 spiro atoms. The fourth-order valence-electron chi connectivity index (χ4n) is 3.63. The maximum atomic E-state index is 13.4. The van der Waals surface area contributed by atoms with E-state index in [1.165, 1.54) is 0 Å². The molecule has 0 saturated carbocycles. The molecule has 1 fully saturated rings. The van der Waals surface area contributed by atoms with Crippen LogP contribution in [0.5, 0.6) is 5.75 Å². The molecule has 2 aromatic rings. The Bertz CT molecular complexity index is 759. The normalized spacial score (nSPS) is 19.9. The number of hydrogen-bond acceptors (Lipinski definition) is 4. The molecule has 3 rings (SSSR count). The van der Waals surface area contributed by atoms with Crippen molar-refractivity contribution in [2.45, 2.75) is 32.1 Å². The lowest BCUT2D eigenvalue weighted by Gasteiger charge is -2.42. The zero-order valence-corrected chi connectivity index (χ0v) is 17.2. The van der Waals surface area contributed by atoms with Crippen LogP contribution in [0.15, 0.2) is 54.6 Å². The van der Waals surface area contributed by atoms with Gasteiger partial charge in [0.25, 0.3) is 5.91 Å². The minimum Gasteiger partial charge on any atom is -0.491 e. The predicted octanol–water partition coefficient (Wildman–Crippen LogP) is 3.62. The van der Waals surface area contributed by atoms with Gasteiger partial charge in [-0.15, -0.1) is 0 Å². The summed E-state index contributed by atoms with van der Waals surface area (Å²) in [5, 5.41) is 0. The highest BCUT2D eigenvalue weighted by Gasteiger charge is 2.36. The molecule has 2 aromatic carbocycles. The average molecular weight is 383 g/mol. The van der Waals surface area contributed by atoms with Crippen LogP contribution in [0.1, 0.15) is 35.8 Å². The largest absolute Gasteiger partial charge is 0.491 e. The summed E-state index contributed by atoms with van der Waals surface area (Å²) < 4.78 is 11.8. The van der Waals surface area contributed by atoms with Crippen LogP contribution in [0.2, 0.25) is 0 Å². The van der Waals surface area contributed by atoms with Crippen molar-refractivity contribution in [2.24, 2.45) is 0 Å². The molecule has 5 heteroatoms. The molecule has 0 radical (unpaired) electrons. The molecule has 150 valence electrons. The van der Waals surface area contributed by atoms with Gasteiger partial charge in [-0.1, -0.05) is 30.3 Å². The lowest BCUT2D eigenvalue weighted by Crippen LogP contribution is -2.51. The Morgan fingerprint density at radius 3 is 2.43 bits per heavy atom. The van der Waals surface area contributed by atoms with E-state index in [0.717, 1.165) is 17.9 Å². The molecule has 0 aromatic heterocycles. The standard InChI is InChI=1S/C23H30N2O3/c1-17(2)28-20-12-10-19(11-13-20)23(26)25-14-15-27-21(16-24(3)4)22(25)18-8-6-5-7-9-18/h5-13,17,21-22H,14-16H2,1-4H3/t21-,22-/m0/s1. The van der Waals surface area contributed by atoms with Crippen molar-refractivity contribution < 1.29 is 14.3 Å². The molecule has 0 bridgehead atoms. The van der Waals surface area contributed by atoms with Gasteiger partial charge >= 0.3 is 0 Å². The summed E-state index contributed by atoms with van der Waals surface area (Å²) in [7, 11) is 4.05. The molecule has 1 amide bonds. The molecule has 0 unspecified atom stereocenters. The molecule has 5 nitrogen and oxygen atoms in total. The van der Waals surface area contributed by atoms with E-state index in [-0.39, 0.29) is 24.2 Å². The summed E-state index contributed by atoms with van der Waals surface area (Å²) in [5.74, 6) is 0.802. The number of nitrogens with zero attached hydrogens (tertiary/aromatic N) is 2. The number of benzene rings is 2. The third kappa shape index (κ3) is 4.91. The maximum absolute atomic E-state index is 13.4. The summed E-state index contributed by atoms with van der Waals surface area (Å²) >= 11 is 0. The number of morpholine rings is 1. The van der Waals surface area contributed by atoms with Gasteiger partial charge in [0.2, 0.25) is 0 Å². The smallest absolute Gasteiger partial charge is 0.254 e. The number of ether oxygens (including phenoxy) is 2. The van der Waals surface area contributed by atoms with E-state index < -0.39 is 0 Å². The number of likely N-dealkylation sites (N-methyl/N-ethyl adjacent to an activating group) is 1. The van der Waals surface area contributed by atoms with E-state index in [1.54, 1.807) is 0 Å². The van der Waals surface area contributed by atoms with Crippen LogP contribution in [-0.4, -0.2) is 61.7 Å². The minimum atomic E-state index is -0.114. The molecule has 2 atom stereocenters. The van der Waals surface area contributed by atoms with Crippen molar-refractivity contribution >= 4 is 5.91 Å². The zero-order valence-electron chi connectivity index (χ0n) is 17.2. The Morgan fingerprint density at radius 2 is 1.82 bits per heavy atom. The zero-order chi connectivity index (χ0) is 20.1. The van der Waals surface area contributed by atoms with Gasteiger partial charge in [0.05, 0.1) is 24.9 Å². The predicted molar refractivity (Wildman–Crippen MR) is 111 cm³/mol. The van der Waals surface area contributed by atoms with Crippen LogP contribution < -0.4 is 4.74 Å². The first-order valence-corrected chi connectivity index (χ1v) is 9.84. The van der Waals surface area contributed by atoms with Crippen molar-refractivity contribution in [3.63, 3.8) is 0 Å². The van der Waals surface area contributed by atoms with Crippen molar-refractivity contribution in [3.05, 3.63) is 65.7 Å².